The molecule has 0 aliphatic heterocycles. The number of amides is 1. The van der Waals surface area contributed by atoms with E-state index in [9.17, 15) is 4.79 Å². The minimum Gasteiger partial charge on any atom is -0.394 e. The fourth-order valence-electron chi connectivity index (χ4n) is 1.85. The predicted octanol–water partition coefficient (Wildman–Crippen LogP) is 4.40. The number of rotatable bonds is 6. The highest BCUT2D eigenvalue weighted by molar-refractivity contribution is 7.98. The molecule has 0 heterocycles. The summed E-state index contributed by atoms with van der Waals surface area (Å²) in [6.07, 6.45) is 0. The van der Waals surface area contributed by atoms with Crippen LogP contribution in [0.2, 0.25) is 10.0 Å². The second kappa shape index (κ2) is 8.60. The summed E-state index contributed by atoms with van der Waals surface area (Å²) in [4.78, 5) is 12.9. The van der Waals surface area contributed by atoms with Crippen LogP contribution in [0.3, 0.4) is 0 Å². The third-order valence-electron chi connectivity index (χ3n) is 3.16. The lowest BCUT2D eigenvalue weighted by Crippen LogP contribution is -2.34. The van der Waals surface area contributed by atoms with Crippen LogP contribution in [-0.2, 0) is 5.75 Å². The van der Waals surface area contributed by atoms with Gasteiger partial charge in [0.1, 0.15) is 0 Å². The minimum absolute atomic E-state index is 0.0825. The number of aliphatic hydroxyl groups is 1. The molecule has 0 fully saturated rings. The molecule has 3 nitrogen and oxygen atoms in total. The molecular weight excluding hydrogens is 353 g/mol. The Morgan fingerprint density at radius 3 is 2.57 bits per heavy atom. The standard InChI is InChI=1S/C17H17Cl2NO2S/c1-11(9-21)20-17(22)13-4-2-12(3-5-13)10-23-16-8-14(18)6-7-15(16)19/h2-8,11,21H,9-10H2,1H3,(H,20,22). The Morgan fingerprint density at radius 2 is 1.91 bits per heavy atom. The van der Waals surface area contributed by atoms with Crippen LogP contribution in [0.4, 0.5) is 0 Å². The van der Waals surface area contributed by atoms with Gasteiger partial charge in [-0.2, -0.15) is 0 Å². The number of carbonyl (C=O) groups is 1. The van der Waals surface area contributed by atoms with E-state index in [2.05, 4.69) is 5.32 Å². The molecule has 0 aromatic heterocycles. The molecule has 2 aromatic rings. The van der Waals surface area contributed by atoms with Gasteiger partial charge >= 0.3 is 0 Å². The number of aliphatic hydroxyl groups excluding tert-OH is 1. The van der Waals surface area contributed by atoms with E-state index in [4.69, 9.17) is 28.3 Å². The number of hydrogen-bond acceptors (Lipinski definition) is 3. The summed E-state index contributed by atoms with van der Waals surface area (Å²) < 4.78 is 0. The maximum Gasteiger partial charge on any atom is 0.251 e. The highest BCUT2D eigenvalue weighted by atomic mass is 35.5. The zero-order valence-corrected chi connectivity index (χ0v) is 14.9. The number of thioether (sulfide) groups is 1. The summed E-state index contributed by atoms with van der Waals surface area (Å²) in [5.41, 5.74) is 1.65. The van der Waals surface area contributed by atoms with Gasteiger partial charge in [-0.1, -0.05) is 35.3 Å². The van der Waals surface area contributed by atoms with Crippen LogP contribution in [0, 0.1) is 0 Å². The van der Waals surface area contributed by atoms with Crippen LogP contribution in [0.25, 0.3) is 0 Å². The summed E-state index contributed by atoms with van der Waals surface area (Å²) in [5.74, 6) is 0.540. The van der Waals surface area contributed by atoms with Crippen LogP contribution >= 0.6 is 35.0 Å². The molecule has 0 saturated heterocycles. The van der Waals surface area contributed by atoms with Gasteiger partial charge in [0, 0.05) is 27.3 Å². The number of halogens is 2. The lowest BCUT2D eigenvalue weighted by atomic mass is 10.1. The zero-order valence-electron chi connectivity index (χ0n) is 12.6. The molecule has 2 aromatic carbocycles. The fraction of sp³-hybridized carbons (Fsp3) is 0.235. The van der Waals surface area contributed by atoms with Gasteiger partial charge in [-0.3, -0.25) is 4.79 Å². The molecule has 0 bridgehead atoms. The van der Waals surface area contributed by atoms with Crippen molar-refractivity contribution in [3.8, 4) is 0 Å². The predicted molar refractivity (Wildman–Crippen MR) is 96.5 cm³/mol. The molecule has 0 aliphatic carbocycles. The third-order valence-corrected chi connectivity index (χ3v) is 4.96. The second-order valence-corrected chi connectivity index (χ2v) is 6.98. The largest absolute Gasteiger partial charge is 0.394 e. The number of benzene rings is 2. The van der Waals surface area contributed by atoms with Crippen LogP contribution in [0.15, 0.2) is 47.4 Å². The smallest absolute Gasteiger partial charge is 0.251 e. The SMILES string of the molecule is CC(CO)NC(=O)c1ccc(CSc2cc(Cl)ccc2Cl)cc1. The summed E-state index contributed by atoms with van der Waals surface area (Å²) in [6.45, 7) is 1.67. The molecule has 1 amide bonds. The van der Waals surface area contributed by atoms with E-state index in [1.165, 1.54) is 0 Å². The quantitative estimate of drug-likeness (QED) is 0.742. The molecular formula is C17H17Cl2NO2S. The number of hydrogen-bond donors (Lipinski definition) is 2. The molecule has 0 radical (unpaired) electrons. The van der Waals surface area contributed by atoms with E-state index in [1.807, 2.05) is 18.2 Å². The van der Waals surface area contributed by atoms with Crippen molar-refractivity contribution in [3.63, 3.8) is 0 Å². The van der Waals surface area contributed by atoms with Gasteiger partial charge in [0.25, 0.3) is 5.91 Å². The van der Waals surface area contributed by atoms with Crippen LogP contribution in [0.5, 0.6) is 0 Å². The maximum absolute atomic E-state index is 11.9. The minimum atomic E-state index is -0.261. The van der Waals surface area contributed by atoms with Crippen molar-refractivity contribution < 1.29 is 9.90 Å². The lowest BCUT2D eigenvalue weighted by Gasteiger charge is -2.11. The Kier molecular flexibility index (Phi) is 6.78. The Bertz CT molecular complexity index is 677. The van der Waals surface area contributed by atoms with Crippen molar-refractivity contribution in [2.24, 2.45) is 0 Å². The average Bonchev–Trinajstić information content (AvgIpc) is 2.56. The van der Waals surface area contributed by atoms with E-state index in [0.717, 1.165) is 16.2 Å². The van der Waals surface area contributed by atoms with Crippen LogP contribution < -0.4 is 5.32 Å². The topological polar surface area (TPSA) is 49.3 Å². The highest BCUT2D eigenvalue weighted by Gasteiger charge is 2.09. The van der Waals surface area contributed by atoms with Crippen molar-refractivity contribution in [2.45, 2.75) is 23.6 Å². The fourth-order valence-corrected chi connectivity index (χ4v) is 3.30. The second-order valence-electron chi connectivity index (χ2n) is 5.12. The van der Waals surface area contributed by atoms with E-state index in [0.29, 0.717) is 15.6 Å². The molecule has 2 rings (SSSR count). The molecule has 1 unspecified atom stereocenters. The summed E-state index contributed by atoms with van der Waals surface area (Å²) in [5, 5.41) is 13.0. The number of carbonyl (C=O) groups excluding carboxylic acids is 1. The third kappa shape index (κ3) is 5.43. The van der Waals surface area contributed by atoms with Crippen molar-refractivity contribution in [3.05, 3.63) is 63.6 Å². The number of nitrogens with one attached hydrogen (secondary N) is 1. The molecule has 23 heavy (non-hydrogen) atoms. The molecule has 0 saturated carbocycles. The van der Waals surface area contributed by atoms with Crippen molar-refractivity contribution in [2.75, 3.05) is 6.61 Å². The Morgan fingerprint density at radius 1 is 1.22 bits per heavy atom. The highest BCUT2D eigenvalue weighted by Crippen LogP contribution is 2.32. The first-order valence-electron chi connectivity index (χ1n) is 7.08. The van der Waals surface area contributed by atoms with Gasteiger partial charge < -0.3 is 10.4 Å². The molecule has 6 heteroatoms. The molecule has 122 valence electrons. The van der Waals surface area contributed by atoms with E-state index in [1.54, 1.807) is 43.0 Å². The summed E-state index contributed by atoms with van der Waals surface area (Å²) in [7, 11) is 0. The van der Waals surface area contributed by atoms with Gasteiger partial charge in [-0.05, 0) is 42.8 Å². The first-order valence-corrected chi connectivity index (χ1v) is 8.82. The Hall–Kier alpha value is -1.20. The monoisotopic (exact) mass is 369 g/mol. The molecule has 0 spiro atoms. The van der Waals surface area contributed by atoms with Crippen molar-refractivity contribution in [1.82, 2.24) is 5.32 Å². The van der Waals surface area contributed by atoms with E-state index < -0.39 is 0 Å². The first-order chi connectivity index (χ1) is 11.0. The van der Waals surface area contributed by atoms with Gasteiger partial charge in [-0.25, -0.2) is 0 Å². The van der Waals surface area contributed by atoms with Crippen LogP contribution in [0.1, 0.15) is 22.8 Å². The average molecular weight is 370 g/mol. The van der Waals surface area contributed by atoms with Gasteiger partial charge in [-0.15, -0.1) is 11.8 Å². The summed E-state index contributed by atoms with van der Waals surface area (Å²) in [6, 6.07) is 12.5. The first kappa shape index (κ1) is 18.1. The van der Waals surface area contributed by atoms with Gasteiger partial charge in [0.05, 0.1) is 11.6 Å². The lowest BCUT2D eigenvalue weighted by molar-refractivity contribution is 0.0922. The van der Waals surface area contributed by atoms with Gasteiger partial charge in [0.2, 0.25) is 0 Å². The normalized spacial score (nSPS) is 12.0. The Labute approximate surface area is 150 Å². The van der Waals surface area contributed by atoms with E-state index in [-0.39, 0.29) is 18.6 Å². The molecule has 1 atom stereocenters. The maximum atomic E-state index is 11.9. The van der Waals surface area contributed by atoms with E-state index >= 15 is 0 Å². The Balaban J connectivity index is 1.97. The van der Waals surface area contributed by atoms with Crippen molar-refractivity contribution >= 4 is 40.9 Å². The zero-order chi connectivity index (χ0) is 16.8. The van der Waals surface area contributed by atoms with Crippen LogP contribution in [-0.4, -0.2) is 23.7 Å². The van der Waals surface area contributed by atoms with Crippen molar-refractivity contribution in [1.29, 1.82) is 0 Å². The summed E-state index contributed by atoms with van der Waals surface area (Å²) >= 11 is 13.7. The molecule has 0 aliphatic rings. The van der Waals surface area contributed by atoms with Gasteiger partial charge in [0.15, 0.2) is 0 Å². The molecule has 2 N–H and O–H groups in total.